The van der Waals surface area contributed by atoms with Gasteiger partial charge in [-0.1, -0.05) is 6.07 Å². The van der Waals surface area contributed by atoms with Crippen LogP contribution in [0.1, 0.15) is 17.7 Å². The number of nitrogens with one attached hydrogen (secondary N) is 1. The van der Waals surface area contributed by atoms with E-state index in [2.05, 4.69) is 5.32 Å². The fourth-order valence-electron chi connectivity index (χ4n) is 1.93. The van der Waals surface area contributed by atoms with Crippen molar-refractivity contribution >= 4 is 17.3 Å². The van der Waals surface area contributed by atoms with Crippen molar-refractivity contribution in [1.29, 1.82) is 0 Å². The minimum Gasteiger partial charge on any atom is -0.480 e. The molecule has 1 saturated heterocycles. The summed E-state index contributed by atoms with van der Waals surface area (Å²) in [4.78, 5) is 12.3. The van der Waals surface area contributed by atoms with Gasteiger partial charge in [0, 0.05) is 11.3 Å². The van der Waals surface area contributed by atoms with E-state index in [1.807, 2.05) is 17.5 Å². The first-order valence-corrected chi connectivity index (χ1v) is 5.62. The molecule has 2 heterocycles. The SMILES string of the molecule is O=C(O)C1(Cc2cccs2)CCCN1. The minimum atomic E-state index is -0.719. The molecular weight excluding hydrogens is 198 g/mol. The molecule has 1 aliphatic heterocycles. The lowest BCUT2D eigenvalue weighted by molar-refractivity contribution is -0.144. The Labute approximate surface area is 86.8 Å². The number of rotatable bonds is 3. The van der Waals surface area contributed by atoms with Gasteiger partial charge in [0.1, 0.15) is 5.54 Å². The Hall–Kier alpha value is -0.870. The summed E-state index contributed by atoms with van der Waals surface area (Å²) in [5, 5.41) is 14.3. The standard InChI is InChI=1S/C10H13NO2S/c12-9(13)10(4-2-5-11-10)7-8-3-1-6-14-8/h1,3,6,11H,2,4-5,7H2,(H,12,13). The maximum Gasteiger partial charge on any atom is 0.324 e. The first-order chi connectivity index (χ1) is 6.73. The smallest absolute Gasteiger partial charge is 0.324 e. The Morgan fingerprint density at radius 3 is 3.07 bits per heavy atom. The Kier molecular flexibility index (Phi) is 2.56. The largest absolute Gasteiger partial charge is 0.480 e. The molecule has 4 heteroatoms. The van der Waals surface area contributed by atoms with Gasteiger partial charge in [0.2, 0.25) is 0 Å². The molecule has 3 nitrogen and oxygen atoms in total. The van der Waals surface area contributed by atoms with Crippen molar-refractivity contribution in [3.63, 3.8) is 0 Å². The summed E-state index contributed by atoms with van der Waals surface area (Å²) < 4.78 is 0. The van der Waals surface area contributed by atoms with Gasteiger partial charge in [0.05, 0.1) is 0 Å². The van der Waals surface area contributed by atoms with E-state index in [0.29, 0.717) is 6.42 Å². The Morgan fingerprint density at radius 1 is 1.71 bits per heavy atom. The van der Waals surface area contributed by atoms with Gasteiger partial charge in [-0.25, -0.2) is 0 Å². The number of aliphatic carboxylic acids is 1. The molecular formula is C10H13NO2S. The highest BCUT2D eigenvalue weighted by atomic mass is 32.1. The van der Waals surface area contributed by atoms with Crippen LogP contribution in [-0.4, -0.2) is 23.2 Å². The van der Waals surface area contributed by atoms with Gasteiger partial charge < -0.3 is 10.4 Å². The summed E-state index contributed by atoms with van der Waals surface area (Å²) in [5.41, 5.74) is -0.704. The third-order valence-electron chi connectivity index (χ3n) is 2.71. The number of carboxylic acid groups (broad SMARTS) is 1. The van der Waals surface area contributed by atoms with Gasteiger partial charge in [0.15, 0.2) is 0 Å². The molecule has 0 radical (unpaired) electrons. The third kappa shape index (κ3) is 1.67. The van der Waals surface area contributed by atoms with Crippen LogP contribution in [0, 0.1) is 0 Å². The van der Waals surface area contributed by atoms with Gasteiger partial charge in [-0.15, -0.1) is 11.3 Å². The van der Waals surface area contributed by atoms with Crippen LogP contribution in [0.2, 0.25) is 0 Å². The summed E-state index contributed by atoms with van der Waals surface area (Å²) in [5.74, 6) is -0.719. The fraction of sp³-hybridized carbons (Fsp3) is 0.500. The van der Waals surface area contributed by atoms with Crippen molar-refractivity contribution in [2.45, 2.75) is 24.8 Å². The van der Waals surface area contributed by atoms with Gasteiger partial charge >= 0.3 is 5.97 Å². The second kappa shape index (κ2) is 3.71. The van der Waals surface area contributed by atoms with Crippen molar-refractivity contribution in [1.82, 2.24) is 5.32 Å². The quantitative estimate of drug-likeness (QED) is 0.796. The molecule has 76 valence electrons. The lowest BCUT2D eigenvalue weighted by Crippen LogP contribution is -2.49. The highest BCUT2D eigenvalue weighted by Gasteiger charge is 2.41. The van der Waals surface area contributed by atoms with E-state index in [0.717, 1.165) is 24.3 Å². The number of thiophene rings is 1. The molecule has 14 heavy (non-hydrogen) atoms. The Morgan fingerprint density at radius 2 is 2.57 bits per heavy atom. The number of hydrogen-bond acceptors (Lipinski definition) is 3. The number of carbonyl (C=O) groups is 1. The zero-order chi connectivity index (χ0) is 10.0. The molecule has 1 unspecified atom stereocenters. The Bertz CT molecular complexity index is 315. The van der Waals surface area contributed by atoms with Gasteiger partial charge in [0.25, 0.3) is 0 Å². The van der Waals surface area contributed by atoms with Gasteiger partial charge in [-0.05, 0) is 30.8 Å². The zero-order valence-corrected chi connectivity index (χ0v) is 8.64. The van der Waals surface area contributed by atoms with Crippen LogP contribution >= 0.6 is 11.3 Å². The first kappa shape index (κ1) is 9.68. The van der Waals surface area contributed by atoms with Crippen molar-refractivity contribution in [2.24, 2.45) is 0 Å². The number of carboxylic acids is 1. The van der Waals surface area contributed by atoms with E-state index in [1.165, 1.54) is 0 Å². The Balaban J connectivity index is 2.16. The molecule has 0 aliphatic carbocycles. The highest BCUT2D eigenvalue weighted by Crippen LogP contribution is 2.26. The molecule has 1 fully saturated rings. The van der Waals surface area contributed by atoms with Gasteiger partial charge in [-0.3, -0.25) is 4.79 Å². The average Bonchev–Trinajstić information content (AvgIpc) is 2.76. The molecule has 2 N–H and O–H groups in total. The van der Waals surface area contributed by atoms with Crippen LogP contribution in [0.3, 0.4) is 0 Å². The predicted octanol–water partition coefficient (Wildman–Crippen LogP) is 1.50. The summed E-state index contributed by atoms with van der Waals surface area (Å²) in [6.45, 7) is 0.817. The van der Waals surface area contributed by atoms with Crippen LogP contribution in [0.5, 0.6) is 0 Å². The number of hydrogen-bond donors (Lipinski definition) is 2. The fourth-order valence-corrected chi connectivity index (χ4v) is 2.74. The zero-order valence-electron chi connectivity index (χ0n) is 7.82. The average molecular weight is 211 g/mol. The molecule has 1 aliphatic rings. The van der Waals surface area contributed by atoms with E-state index in [-0.39, 0.29) is 0 Å². The second-order valence-corrected chi connectivity index (χ2v) is 4.71. The van der Waals surface area contributed by atoms with E-state index < -0.39 is 11.5 Å². The maximum atomic E-state index is 11.2. The van der Waals surface area contributed by atoms with Crippen LogP contribution in [0.15, 0.2) is 17.5 Å². The summed E-state index contributed by atoms with van der Waals surface area (Å²) in [6.07, 6.45) is 2.30. The van der Waals surface area contributed by atoms with Crippen molar-refractivity contribution in [3.8, 4) is 0 Å². The van der Waals surface area contributed by atoms with E-state index >= 15 is 0 Å². The summed E-state index contributed by atoms with van der Waals surface area (Å²) in [7, 11) is 0. The maximum absolute atomic E-state index is 11.2. The molecule has 0 aromatic carbocycles. The minimum absolute atomic E-state index is 0.611. The topological polar surface area (TPSA) is 49.3 Å². The van der Waals surface area contributed by atoms with Crippen LogP contribution in [0.25, 0.3) is 0 Å². The third-order valence-corrected chi connectivity index (χ3v) is 3.59. The normalized spacial score (nSPS) is 26.6. The molecule has 1 atom stereocenters. The van der Waals surface area contributed by atoms with E-state index in [9.17, 15) is 9.90 Å². The van der Waals surface area contributed by atoms with Crippen molar-refractivity contribution in [2.75, 3.05) is 6.54 Å². The molecule has 1 aromatic rings. The van der Waals surface area contributed by atoms with Crippen molar-refractivity contribution < 1.29 is 9.90 Å². The molecule has 0 saturated carbocycles. The predicted molar refractivity (Wildman–Crippen MR) is 55.6 cm³/mol. The monoisotopic (exact) mass is 211 g/mol. The summed E-state index contributed by atoms with van der Waals surface area (Å²) in [6, 6.07) is 3.96. The highest BCUT2D eigenvalue weighted by molar-refractivity contribution is 7.09. The molecule has 0 amide bonds. The van der Waals surface area contributed by atoms with E-state index in [4.69, 9.17) is 0 Å². The first-order valence-electron chi connectivity index (χ1n) is 4.74. The molecule has 0 spiro atoms. The van der Waals surface area contributed by atoms with Gasteiger partial charge in [-0.2, -0.15) is 0 Å². The van der Waals surface area contributed by atoms with E-state index in [1.54, 1.807) is 11.3 Å². The lowest BCUT2D eigenvalue weighted by atomic mass is 9.93. The van der Waals surface area contributed by atoms with Crippen LogP contribution in [-0.2, 0) is 11.2 Å². The van der Waals surface area contributed by atoms with Crippen LogP contribution in [0.4, 0.5) is 0 Å². The second-order valence-electron chi connectivity index (χ2n) is 3.67. The van der Waals surface area contributed by atoms with Crippen LogP contribution < -0.4 is 5.32 Å². The molecule has 1 aromatic heterocycles. The van der Waals surface area contributed by atoms with Crippen molar-refractivity contribution in [3.05, 3.63) is 22.4 Å². The molecule has 2 rings (SSSR count). The lowest BCUT2D eigenvalue weighted by Gasteiger charge is -2.23. The summed E-state index contributed by atoms with van der Waals surface area (Å²) >= 11 is 1.62. The molecule has 0 bridgehead atoms.